The standard InChI is InChI=1S/C29H28N2O3/c1-3-27(34-24-18-17-22-13-7-8-14-23(22)19-24)29(33)31-26-16-10-9-15-25(26)28(32)30-20(2)21-11-5-4-6-12-21/h4-20,27H,3H2,1-2H3,(H,30,32)(H,31,33)/t20-,27-/m1/s1. The lowest BCUT2D eigenvalue weighted by molar-refractivity contribution is -0.122. The molecule has 172 valence electrons. The number of rotatable bonds is 8. The fourth-order valence-electron chi connectivity index (χ4n) is 3.83. The van der Waals surface area contributed by atoms with Gasteiger partial charge in [-0.25, -0.2) is 0 Å². The molecule has 0 aromatic heterocycles. The number of ether oxygens (including phenoxy) is 1. The van der Waals surface area contributed by atoms with E-state index in [-0.39, 0.29) is 17.9 Å². The van der Waals surface area contributed by atoms with Gasteiger partial charge in [0.15, 0.2) is 6.10 Å². The summed E-state index contributed by atoms with van der Waals surface area (Å²) in [6, 6.07) is 30.3. The van der Waals surface area contributed by atoms with Crippen LogP contribution in [-0.2, 0) is 4.79 Å². The smallest absolute Gasteiger partial charge is 0.265 e. The minimum atomic E-state index is -0.694. The summed E-state index contributed by atoms with van der Waals surface area (Å²) in [4.78, 5) is 26.1. The van der Waals surface area contributed by atoms with Crippen LogP contribution in [0.1, 0.15) is 42.2 Å². The summed E-state index contributed by atoms with van der Waals surface area (Å²) in [5, 5.41) is 8.05. The predicted octanol–water partition coefficient (Wildman–Crippen LogP) is 6.13. The number of para-hydroxylation sites is 1. The first kappa shape index (κ1) is 23.1. The molecule has 2 N–H and O–H groups in total. The molecule has 0 fully saturated rings. The molecule has 5 nitrogen and oxygen atoms in total. The molecule has 0 saturated heterocycles. The molecule has 0 heterocycles. The number of amides is 2. The molecule has 0 aliphatic rings. The van der Waals surface area contributed by atoms with Crippen molar-refractivity contribution in [3.05, 3.63) is 108 Å². The van der Waals surface area contributed by atoms with E-state index in [1.54, 1.807) is 24.3 Å². The van der Waals surface area contributed by atoms with Gasteiger partial charge >= 0.3 is 0 Å². The zero-order chi connectivity index (χ0) is 23.9. The minimum Gasteiger partial charge on any atom is -0.481 e. The molecule has 4 aromatic rings. The van der Waals surface area contributed by atoms with E-state index in [9.17, 15) is 9.59 Å². The zero-order valence-electron chi connectivity index (χ0n) is 19.3. The Balaban J connectivity index is 1.46. The molecule has 0 aliphatic carbocycles. The maximum Gasteiger partial charge on any atom is 0.265 e. The van der Waals surface area contributed by atoms with Gasteiger partial charge in [0.25, 0.3) is 11.8 Å². The Morgan fingerprint density at radius 3 is 2.26 bits per heavy atom. The van der Waals surface area contributed by atoms with Gasteiger partial charge in [-0.1, -0.05) is 79.7 Å². The van der Waals surface area contributed by atoms with Crippen molar-refractivity contribution in [3.63, 3.8) is 0 Å². The molecule has 4 rings (SSSR count). The SMILES string of the molecule is CC[C@@H](Oc1ccc2ccccc2c1)C(=O)Nc1ccccc1C(=O)N[C@H](C)c1ccccc1. The minimum absolute atomic E-state index is 0.169. The predicted molar refractivity (Wildman–Crippen MR) is 136 cm³/mol. The second-order valence-corrected chi connectivity index (χ2v) is 8.16. The van der Waals surface area contributed by atoms with Crippen molar-refractivity contribution in [3.8, 4) is 5.75 Å². The van der Waals surface area contributed by atoms with Crippen molar-refractivity contribution < 1.29 is 14.3 Å². The van der Waals surface area contributed by atoms with Crippen LogP contribution in [0.4, 0.5) is 5.69 Å². The quantitative estimate of drug-likeness (QED) is 0.338. The van der Waals surface area contributed by atoms with Crippen LogP contribution in [0.25, 0.3) is 10.8 Å². The van der Waals surface area contributed by atoms with Crippen LogP contribution in [0, 0.1) is 0 Å². The van der Waals surface area contributed by atoms with Gasteiger partial charge < -0.3 is 15.4 Å². The molecule has 34 heavy (non-hydrogen) atoms. The van der Waals surface area contributed by atoms with Crippen molar-refractivity contribution in [2.24, 2.45) is 0 Å². The molecule has 2 amide bonds. The van der Waals surface area contributed by atoms with E-state index in [1.165, 1.54) is 0 Å². The largest absolute Gasteiger partial charge is 0.481 e. The number of carbonyl (C=O) groups is 2. The van der Waals surface area contributed by atoms with Crippen LogP contribution in [0.15, 0.2) is 97.1 Å². The number of carbonyl (C=O) groups excluding carboxylic acids is 2. The first-order valence-corrected chi connectivity index (χ1v) is 11.5. The van der Waals surface area contributed by atoms with Gasteiger partial charge in [-0.05, 0) is 53.9 Å². The Kier molecular flexibility index (Phi) is 7.23. The van der Waals surface area contributed by atoms with Gasteiger partial charge in [0.1, 0.15) is 5.75 Å². The second kappa shape index (κ2) is 10.7. The highest BCUT2D eigenvalue weighted by atomic mass is 16.5. The van der Waals surface area contributed by atoms with Crippen LogP contribution in [0.5, 0.6) is 5.75 Å². The monoisotopic (exact) mass is 452 g/mol. The van der Waals surface area contributed by atoms with E-state index in [2.05, 4.69) is 10.6 Å². The third kappa shape index (κ3) is 5.44. The Morgan fingerprint density at radius 1 is 0.824 bits per heavy atom. The van der Waals surface area contributed by atoms with Crippen LogP contribution in [0.3, 0.4) is 0 Å². The average molecular weight is 453 g/mol. The lowest BCUT2D eigenvalue weighted by Gasteiger charge is -2.20. The highest BCUT2D eigenvalue weighted by Crippen LogP contribution is 2.23. The van der Waals surface area contributed by atoms with E-state index >= 15 is 0 Å². The summed E-state index contributed by atoms with van der Waals surface area (Å²) in [5.74, 6) is 0.0752. The third-order valence-electron chi connectivity index (χ3n) is 5.74. The van der Waals surface area contributed by atoms with Crippen LogP contribution in [-0.4, -0.2) is 17.9 Å². The van der Waals surface area contributed by atoms with Crippen LogP contribution >= 0.6 is 0 Å². The fraction of sp³-hybridized carbons (Fsp3) is 0.172. The lowest BCUT2D eigenvalue weighted by atomic mass is 10.1. The molecule has 0 spiro atoms. The van der Waals surface area contributed by atoms with Gasteiger partial charge in [-0.15, -0.1) is 0 Å². The van der Waals surface area contributed by atoms with E-state index in [0.717, 1.165) is 16.3 Å². The number of fused-ring (bicyclic) bond motifs is 1. The summed E-state index contributed by atoms with van der Waals surface area (Å²) < 4.78 is 6.02. The van der Waals surface area contributed by atoms with Gasteiger partial charge in [-0.2, -0.15) is 0 Å². The first-order chi connectivity index (χ1) is 16.5. The fourth-order valence-corrected chi connectivity index (χ4v) is 3.83. The van der Waals surface area contributed by atoms with E-state index in [1.807, 2.05) is 86.6 Å². The highest BCUT2D eigenvalue weighted by molar-refractivity contribution is 6.04. The molecule has 0 radical (unpaired) electrons. The number of anilines is 1. The topological polar surface area (TPSA) is 67.4 Å². The molecule has 0 bridgehead atoms. The van der Waals surface area contributed by atoms with Crippen molar-refractivity contribution >= 4 is 28.3 Å². The number of hydrogen-bond donors (Lipinski definition) is 2. The molecule has 0 aliphatic heterocycles. The third-order valence-corrected chi connectivity index (χ3v) is 5.74. The zero-order valence-corrected chi connectivity index (χ0v) is 19.3. The summed E-state index contributed by atoms with van der Waals surface area (Å²) in [5.41, 5.74) is 1.86. The van der Waals surface area contributed by atoms with E-state index < -0.39 is 6.10 Å². The average Bonchev–Trinajstić information content (AvgIpc) is 2.87. The van der Waals surface area contributed by atoms with Crippen molar-refractivity contribution in [2.75, 3.05) is 5.32 Å². The summed E-state index contributed by atoms with van der Waals surface area (Å²) in [6.07, 6.45) is -0.210. The second-order valence-electron chi connectivity index (χ2n) is 8.16. The van der Waals surface area contributed by atoms with E-state index in [4.69, 9.17) is 4.74 Å². The highest BCUT2D eigenvalue weighted by Gasteiger charge is 2.22. The first-order valence-electron chi connectivity index (χ1n) is 11.5. The maximum absolute atomic E-state index is 13.1. The Labute approximate surface area is 199 Å². The van der Waals surface area contributed by atoms with Crippen molar-refractivity contribution in [1.82, 2.24) is 5.32 Å². The number of benzene rings is 4. The maximum atomic E-state index is 13.1. The van der Waals surface area contributed by atoms with E-state index in [0.29, 0.717) is 23.4 Å². The van der Waals surface area contributed by atoms with Crippen molar-refractivity contribution in [2.45, 2.75) is 32.4 Å². The Bertz CT molecular complexity index is 1290. The molecular formula is C29H28N2O3. The van der Waals surface area contributed by atoms with Crippen LogP contribution in [0.2, 0.25) is 0 Å². The molecule has 5 heteroatoms. The molecular weight excluding hydrogens is 424 g/mol. The normalized spacial score (nSPS) is 12.5. The summed E-state index contributed by atoms with van der Waals surface area (Å²) >= 11 is 0. The summed E-state index contributed by atoms with van der Waals surface area (Å²) in [7, 11) is 0. The van der Waals surface area contributed by atoms with Crippen molar-refractivity contribution in [1.29, 1.82) is 0 Å². The number of hydrogen-bond acceptors (Lipinski definition) is 3. The number of nitrogens with one attached hydrogen (secondary N) is 2. The Morgan fingerprint density at radius 2 is 1.50 bits per heavy atom. The molecule has 4 aromatic carbocycles. The van der Waals surface area contributed by atoms with Gasteiger partial charge in [0.05, 0.1) is 17.3 Å². The van der Waals surface area contributed by atoms with Crippen LogP contribution < -0.4 is 15.4 Å². The Hall–Kier alpha value is -4.12. The molecule has 2 atom stereocenters. The molecule has 0 saturated carbocycles. The van der Waals surface area contributed by atoms with Gasteiger partial charge in [0, 0.05) is 0 Å². The molecule has 0 unspecified atom stereocenters. The van der Waals surface area contributed by atoms with Gasteiger partial charge in [0.2, 0.25) is 0 Å². The van der Waals surface area contributed by atoms with Gasteiger partial charge in [-0.3, -0.25) is 9.59 Å². The lowest BCUT2D eigenvalue weighted by Crippen LogP contribution is -2.34. The summed E-state index contributed by atoms with van der Waals surface area (Å²) in [6.45, 7) is 3.82.